The van der Waals surface area contributed by atoms with E-state index < -0.39 is 6.61 Å². The molecule has 35 heavy (non-hydrogen) atoms. The van der Waals surface area contributed by atoms with Crippen LogP contribution in [0.2, 0.25) is 0 Å². The van der Waals surface area contributed by atoms with E-state index in [-0.39, 0.29) is 23.8 Å². The van der Waals surface area contributed by atoms with Gasteiger partial charge in [-0.05, 0) is 61.3 Å². The number of rotatable bonds is 6. The Kier molecular flexibility index (Phi) is 7.58. The molecule has 1 amide bonds. The lowest BCUT2D eigenvalue weighted by atomic mass is 9.76. The Morgan fingerprint density at radius 3 is 2.26 bits per heavy atom. The van der Waals surface area contributed by atoms with Gasteiger partial charge in [-0.25, -0.2) is 0 Å². The number of benzene rings is 2. The highest BCUT2D eigenvalue weighted by atomic mass is 16.3. The molecule has 1 fully saturated rings. The van der Waals surface area contributed by atoms with E-state index in [2.05, 4.69) is 49.6 Å². The number of nitrogens with zero attached hydrogens (tertiary/aromatic N) is 2. The smallest absolute Gasteiger partial charge is 0.255 e. The summed E-state index contributed by atoms with van der Waals surface area (Å²) in [7, 11) is 0. The van der Waals surface area contributed by atoms with Crippen molar-refractivity contribution in [2.45, 2.75) is 65.6 Å². The van der Waals surface area contributed by atoms with Crippen molar-refractivity contribution in [3.63, 3.8) is 0 Å². The first-order valence-corrected chi connectivity index (χ1v) is 12.7. The first-order chi connectivity index (χ1) is 16.7. The lowest BCUT2D eigenvalue weighted by Crippen LogP contribution is -2.58. The molecule has 1 N–H and O–H groups in total. The van der Waals surface area contributed by atoms with Crippen molar-refractivity contribution in [1.82, 2.24) is 9.80 Å². The van der Waals surface area contributed by atoms with Gasteiger partial charge >= 0.3 is 0 Å². The Labute approximate surface area is 209 Å². The largest absolute Gasteiger partial charge is 0.388 e. The zero-order valence-corrected chi connectivity index (χ0v) is 21.5. The van der Waals surface area contributed by atoms with Crippen molar-refractivity contribution in [2.75, 3.05) is 19.7 Å². The molecule has 0 aromatic heterocycles. The number of carbonyl (C=O) groups is 2. The van der Waals surface area contributed by atoms with Gasteiger partial charge in [0.1, 0.15) is 6.61 Å². The Morgan fingerprint density at radius 1 is 1.00 bits per heavy atom. The fourth-order valence-corrected chi connectivity index (χ4v) is 5.52. The maximum Gasteiger partial charge on any atom is 0.255 e. The molecule has 0 unspecified atom stereocenters. The summed E-state index contributed by atoms with van der Waals surface area (Å²) in [6, 6.07) is 15.7. The summed E-state index contributed by atoms with van der Waals surface area (Å²) in [6.45, 7) is 10.8. The summed E-state index contributed by atoms with van der Waals surface area (Å²) < 4.78 is 0. The number of hydrogen-bond acceptors (Lipinski definition) is 4. The molecular weight excluding hydrogens is 436 g/mol. The van der Waals surface area contributed by atoms with Crippen LogP contribution in [0.5, 0.6) is 0 Å². The van der Waals surface area contributed by atoms with Crippen LogP contribution in [0.25, 0.3) is 5.57 Å². The van der Waals surface area contributed by atoms with Crippen LogP contribution in [0.4, 0.5) is 0 Å². The molecule has 0 saturated carbocycles. The van der Waals surface area contributed by atoms with E-state index in [1.807, 2.05) is 30.3 Å². The average molecular weight is 475 g/mol. The summed E-state index contributed by atoms with van der Waals surface area (Å²) in [5.41, 5.74) is 5.19. The Bertz CT molecular complexity index is 1090. The highest BCUT2D eigenvalue weighted by molar-refractivity contribution is 5.99. The van der Waals surface area contributed by atoms with Gasteiger partial charge in [0, 0.05) is 42.8 Å². The zero-order valence-electron chi connectivity index (χ0n) is 21.5. The molecule has 2 aliphatic rings. The predicted molar refractivity (Wildman–Crippen MR) is 140 cm³/mol. The molecule has 2 atom stereocenters. The second-order valence-corrected chi connectivity index (χ2v) is 11.0. The second-order valence-electron chi connectivity index (χ2n) is 11.0. The monoisotopic (exact) mass is 474 g/mol. The van der Waals surface area contributed by atoms with Gasteiger partial charge in [-0.2, -0.15) is 0 Å². The summed E-state index contributed by atoms with van der Waals surface area (Å²) in [6.07, 6.45) is 5.53. The molecule has 1 aliphatic heterocycles. The van der Waals surface area contributed by atoms with Gasteiger partial charge in [0.15, 0.2) is 5.78 Å². The third kappa shape index (κ3) is 5.74. The number of allylic oxidation sites excluding steroid dienone is 2. The molecule has 4 rings (SSSR count). The Morgan fingerprint density at radius 2 is 1.66 bits per heavy atom. The molecule has 5 nitrogen and oxygen atoms in total. The van der Waals surface area contributed by atoms with Gasteiger partial charge in [-0.1, -0.05) is 62.4 Å². The number of aliphatic hydroxyl groups is 1. The highest BCUT2D eigenvalue weighted by Crippen LogP contribution is 2.39. The Hall–Kier alpha value is -2.76. The van der Waals surface area contributed by atoms with Gasteiger partial charge in [-0.15, -0.1) is 0 Å². The van der Waals surface area contributed by atoms with Crippen molar-refractivity contribution < 1.29 is 14.7 Å². The molecule has 5 heteroatoms. The van der Waals surface area contributed by atoms with E-state index in [1.165, 1.54) is 5.57 Å². The standard InChI is InChI=1S/C30H38N2O3/c1-21-17-31(19-23-9-11-25(12-10-23)28(34)20-33)18-22(2)32(21)29(35)27-8-6-5-7-26(27)24-13-15-30(3,4)16-14-24/h5-13,21-22,33H,14-20H2,1-4H3/t21-,22+. The van der Waals surface area contributed by atoms with E-state index in [4.69, 9.17) is 5.11 Å². The first kappa shape index (κ1) is 25.3. The third-order valence-electron chi connectivity index (χ3n) is 7.53. The number of Topliss-reactive ketones (excluding diaryl/α,β-unsaturated/α-hetero) is 1. The second kappa shape index (κ2) is 10.5. The van der Waals surface area contributed by atoms with Gasteiger partial charge in [0.2, 0.25) is 0 Å². The molecule has 186 valence electrons. The van der Waals surface area contributed by atoms with Crippen LogP contribution in [0.1, 0.15) is 78.8 Å². The summed E-state index contributed by atoms with van der Waals surface area (Å²) in [5, 5.41) is 9.05. The van der Waals surface area contributed by atoms with Crippen LogP contribution < -0.4 is 0 Å². The molecule has 0 spiro atoms. The summed E-state index contributed by atoms with van der Waals surface area (Å²) >= 11 is 0. The van der Waals surface area contributed by atoms with Crippen LogP contribution in [0.3, 0.4) is 0 Å². The van der Waals surface area contributed by atoms with Gasteiger partial charge in [0.25, 0.3) is 5.91 Å². The minimum Gasteiger partial charge on any atom is -0.388 e. The molecule has 1 heterocycles. The van der Waals surface area contributed by atoms with Gasteiger partial charge < -0.3 is 10.0 Å². The molecule has 1 aliphatic carbocycles. The predicted octanol–water partition coefficient (Wildman–Crippen LogP) is 5.19. The minimum atomic E-state index is -0.469. The summed E-state index contributed by atoms with van der Waals surface area (Å²) in [4.78, 5) is 29.9. The zero-order chi connectivity index (χ0) is 25.2. The maximum atomic E-state index is 13.8. The molecule has 2 aromatic rings. The van der Waals surface area contributed by atoms with Crippen LogP contribution >= 0.6 is 0 Å². The van der Waals surface area contributed by atoms with Crippen LogP contribution in [0, 0.1) is 5.41 Å². The van der Waals surface area contributed by atoms with Crippen LogP contribution in [-0.2, 0) is 6.54 Å². The van der Waals surface area contributed by atoms with E-state index >= 15 is 0 Å². The Balaban J connectivity index is 1.47. The number of ketones is 1. The number of aliphatic hydroxyl groups excluding tert-OH is 1. The molecule has 0 radical (unpaired) electrons. The normalized spacial score (nSPS) is 22.5. The number of hydrogen-bond donors (Lipinski definition) is 1. The fourth-order valence-electron chi connectivity index (χ4n) is 5.52. The quantitative estimate of drug-likeness (QED) is 0.586. The first-order valence-electron chi connectivity index (χ1n) is 12.7. The van der Waals surface area contributed by atoms with Gasteiger partial charge in [0.05, 0.1) is 0 Å². The van der Waals surface area contributed by atoms with E-state index in [9.17, 15) is 9.59 Å². The van der Waals surface area contributed by atoms with E-state index in [0.717, 1.165) is 55.6 Å². The molecular formula is C30H38N2O3. The minimum absolute atomic E-state index is 0.0915. The van der Waals surface area contributed by atoms with Crippen LogP contribution in [-0.4, -0.2) is 58.4 Å². The van der Waals surface area contributed by atoms with Crippen molar-refractivity contribution in [3.8, 4) is 0 Å². The van der Waals surface area contributed by atoms with E-state index in [0.29, 0.717) is 11.0 Å². The number of amides is 1. The molecule has 1 saturated heterocycles. The highest BCUT2D eigenvalue weighted by Gasteiger charge is 2.34. The average Bonchev–Trinajstić information content (AvgIpc) is 2.83. The molecule has 2 aromatic carbocycles. The SMILES string of the molecule is C[C@@H]1CN(Cc2ccc(C(=O)CO)cc2)C[C@H](C)N1C(=O)c1ccccc1C1=CCC(C)(C)CC1. The number of piperazine rings is 1. The van der Waals surface area contributed by atoms with Crippen molar-refractivity contribution in [1.29, 1.82) is 0 Å². The topological polar surface area (TPSA) is 60.9 Å². The van der Waals surface area contributed by atoms with Crippen LogP contribution in [0.15, 0.2) is 54.6 Å². The number of carbonyl (C=O) groups excluding carboxylic acids is 2. The van der Waals surface area contributed by atoms with Gasteiger partial charge in [-0.3, -0.25) is 14.5 Å². The summed E-state index contributed by atoms with van der Waals surface area (Å²) in [5.74, 6) is -0.142. The van der Waals surface area contributed by atoms with Crippen molar-refractivity contribution in [2.24, 2.45) is 5.41 Å². The third-order valence-corrected chi connectivity index (χ3v) is 7.53. The van der Waals surface area contributed by atoms with Crippen molar-refractivity contribution in [3.05, 3.63) is 76.9 Å². The maximum absolute atomic E-state index is 13.8. The molecule has 0 bridgehead atoms. The van der Waals surface area contributed by atoms with Crippen molar-refractivity contribution >= 4 is 17.3 Å². The lowest BCUT2D eigenvalue weighted by Gasteiger charge is -2.45. The lowest BCUT2D eigenvalue weighted by molar-refractivity contribution is 0.0268. The fraction of sp³-hybridized carbons (Fsp3) is 0.467. The van der Waals surface area contributed by atoms with E-state index in [1.54, 1.807) is 12.1 Å².